The maximum Gasteiger partial charge on any atom is 0.306 e. The summed E-state index contributed by atoms with van der Waals surface area (Å²) in [5.41, 5.74) is 0.372. The number of likely N-dealkylation sites (N-methyl/N-ethyl adjacent to an activating group) is 1. The van der Waals surface area contributed by atoms with Gasteiger partial charge < -0.3 is 14.4 Å². The molecular formula is C17H19BrN2O5. The zero-order valence-corrected chi connectivity index (χ0v) is 15.7. The van der Waals surface area contributed by atoms with Crippen LogP contribution in [0.3, 0.4) is 0 Å². The number of nitrogens with zero attached hydrogens (tertiary/aromatic N) is 2. The second-order valence-electron chi connectivity index (χ2n) is 5.15. The molecule has 0 unspecified atom stereocenters. The predicted molar refractivity (Wildman–Crippen MR) is 93.1 cm³/mol. The number of halogens is 1. The van der Waals surface area contributed by atoms with E-state index in [1.807, 2.05) is 6.07 Å². The van der Waals surface area contributed by atoms with Crippen LogP contribution in [-0.4, -0.2) is 49.9 Å². The number of methoxy groups -OCH3 is 1. The Hall–Kier alpha value is -2.40. The summed E-state index contributed by atoms with van der Waals surface area (Å²) < 4.78 is 10.7. The molecule has 0 fully saturated rings. The molecule has 0 saturated carbocycles. The number of ether oxygens (including phenoxy) is 2. The Labute approximate surface area is 154 Å². The maximum atomic E-state index is 12.2. The average Bonchev–Trinajstić information content (AvgIpc) is 2.61. The summed E-state index contributed by atoms with van der Waals surface area (Å²) in [5.74, 6) is -0.864. The first-order valence-corrected chi connectivity index (χ1v) is 8.31. The molecule has 0 aliphatic carbocycles. The first-order chi connectivity index (χ1) is 11.9. The highest BCUT2D eigenvalue weighted by molar-refractivity contribution is 9.10. The molecule has 1 aromatic rings. The van der Waals surface area contributed by atoms with Gasteiger partial charge in [-0.05, 0) is 18.2 Å². The number of hydrogen-bond donors (Lipinski definition) is 0. The smallest absolute Gasteiger partial charge is 0.306 e. The normalized spacial score (nSPS) is 9.84. The molecule has 0 aromatic heterocycles. The summed E-state index contributed by atoms with van der Waals surface area (Å²) in [5, 5.41) is 8.47. The fraction of sp³-hybridized carbons (Fsp3) is 0.412. The van der Waals surface area contributed by atoms with Crippen molar-refractivity contribution in [3.8, 4) is 11.8 Å². The van der Waals surface area contributed by atoms with Crippen molar-refractivity contribution in [3.05, 3.63) is 28.2 Å². The minimum absolute atomic E-state index is 0.0515. The lowest BCUT2D eigenvalue weighted by Gasteiger charge is -2.15. The Morgan fingerprint density at radius 1 is 1.28 bits per heavy atom. The van der Waals surface area contributed by atoms with Crippen molar-refractivity contribution in [1.82, 2.24) is 4.90 Å². The van der Waals surface area contributed by atoms with Crippen molar-refractivity contribution >= 4 is 33.6 Å². The molecule has 1 aromatic carbocycles. The number of rotatable bonds is 9. The zero-order valence-electron chi connectivity index (χ0n) is 14.1. The van der Waals surface area contributed by atoms with Gasteiger partial charge in [0.25, 0.3) is 5.91 Å². The van der Waals surface area contributed by atoms with Crippen molar-refractivity contribution in [2.45, 2.75) is 19.3 Å². The molecule has 0 aliphatic heterocycles. The van der Waals surface area contributed by atoms with E-state index in [4.69, 9.17) is 14.7 Å². The molecule has 1 amide bonds. The molecule has 0 saturated heterocycles. The van der Waals surface area contributed by atoms with E-state index in [0.29, 0.717) is 11.3 Å². The third kappa shape index (κ3) is 6.93. The van der Waals surface area contributed by atoms with Gasteiger partial charge in [-0.3, -0.25) is 14.4 Å². The van der Waals surface area contributed by atoms with Gasteiger partial charge in [-0.1, -0.05) is 15.9 Å². The summed E-state index contributed by atoms with van der Waals surface area (Å²) in [6, 6.07) is 6.96. The first kappa shape index (κ1) is 20.6. The number of nitriles is 1. The van der Waals surface area contributed by atoms with Crippen LogP contribution in [0, 0.1) is 11.3 Å². The molecule has 134 valence electrons. The lowest BCUT2D eigenvalue weighted by molar-refractivity contribution is -0.151. The fourth-order valence-electron chi connectivity index (χ4n) is 1.92. The third-order valence-corrected chi connectivity index (χ3v) is 3.85. The lowest BCUT2D eigenvalue weighted by atomic mass is 10.1. The molecule has 0 N–H and O–H groups in total. The van der Waals surface area contributed by atoms with Crippen LogP contribution in [0.1, 0.15) is 29.6 Å². The Bertz CT molecular complexity index is 684. The van der Waals surface area contributed by atoms with E-state index in [1.165, 1.54) is 19.1 Å². The summed E-state index contributed by atoms with van der Waals surface area (Å²) in [6.07, 6.45) is 0.0208. The van der Waals surface area contributed by atoms with Crippen LogP contribution < -0.4 is 4.74 Å². The minimum atomic E-state index is -0.635. The molecule has 0 aliphatic rings. The quantitative estimate of drug-likeness (QED) is 0.457. The SMILES string of the molecule is COc1ccc(Br)cc1C(=O)CCC(=O)OCC(=O)N(C)CCC#N. The van der Waals surface area contributed by atoms with Crippen LogP contribution in [0.25, 0.3) is 0 Å². The van der Waals surface area contributed by atoms with Crippen molar-refractivity contribution in [2.75, 3.05) is 27.3 Å². The van der Waals surface area contributed by atoms with Crippen LogP contribution in [0.2, 0.25) is 0 Å². The fourth-order valence-corrected chi connectivity index (χ4v) is 2.28. The lowest BCUT2D eigenvalue weighted by Crippen LogP contribution is -2.31. The molecule has 0 bridgehead atoms. The van der Waals surface area contributed by atoms with E-state index >= 15 is 0 Å². The van der Waals surface area contributed by atoms with E-state index in [-0.39, 0.29) is 31.6 Å². The number of carbonyl (C=O) groups is 3. The Balaban J connectivity index is 2.46. The number of hydrogen-bond acceptors (Lipinski definition) is 6. The Kier molecular flexibility index (Phi) is 8.64. The highest BCUT2D eigenvalue weighted by Gasteiger charge is 2.16. The topological polar surface area (TPSA) is 96.7 Å². The van der Waals surface area contributed by atoms with Gasteiger partial charge in [0.05, 0.1) is 31.6 Å². The third-order valence-electron chi connectivity index (χ3n) is 3.36. The molecule has 0 heterocycles. The Morgan fingerprint density at radius 3 is 2.64 bits per heavy atom. The van der Waals surface area contributed by atoms with E-state index in [9.17, 15) is 14.4 Å². The van der Waals surface area contributed by atoms with E-state index < -0.39 is 18.5 Å². The van der Waals surface area contributed by atoms with Crippen molar-refractivity contribution in [3.63, 3.8) is 0 Å². The monoisotopic (exact) mass is 410 g/mol. The average molecular weight is 411 g/mol. The molecule has 1 rings (SSSR count). The number of Topliss-reactive ketones (excluding diaryl/α,β-unsaturated/α-hetero) is 1. The number of carbonyl (C=O) groups excluding carboxylic acids is 3. The molecule has 7 nitrogen and oxygen atoms in total. The van der Waals surface area contributed by atoms with E-state index in [0.717, 1.165) is 4.47 Å². The number of esters is 1. The van der Waals surface area contributed by atoms with Crippen LogP contribution in [0.15, 0.2) is 22.7 Å². The number of ketones is 1. The van der Waals surface area contributed by atoms with Crippen LogP contribution in [-0.2, 0) is 14.3 Å². The van der Waals surface area contributed by atoms with Gasteiger partial charge in [-0.15, -0.1) is 0 Å². The largest absolute Gasteiger partial charge is 0.496 e. The van der Waals surface area contributed by atoms with Gasteiger partial charge in [0.15, 0.2) is 12.4 Å². The number of benzene rings is 1. The van der Waals surface area contributed by atoms with Gasteiger partial charge in [-0.25, -0.2) is 0 Å². The van der Waals surface area contributed by atoms with Crippen LogP contribution in [0.5, 0.6) is 5.75 Å². The molecule has 0 atom stereocenters. The summed E-state index contributed by atoms with van der Waals surface area (Å²) in [7, 11) is 2.99. The van der Waals surface area contributed by atoms with Crippen LogP contribution >= 0.6 is 15.9 Å². The van der Waals surface area contributed by atoms with Crippen molar-refractivity contribution in [1.29, 1.82) is 5.26 Å². The van der Waals surface area contributed by atoms with Crippen LogP contribution in [0.4, 0.5) is 0 Å². The molecule has 0 spiro atoms. The summed E-state index contributed by atoms with van der Waals surface area (Å²) >= 11 is 3.28. The molecule has 0 radical (unpaired) electrons. The van der Waals surface area contributed by atoms with Gasteiger partial charge in [0, 0.05) is 24.5 Å². The first-order valence-electron chi connectivity index (χ1n) is 7.52. The van der Waals surface area contributed by atoms with Gasteiger partial charge >= 0.3 is 5.97 Å². The van der Waals surface area contributed by atoms with Crippen molar-refractivity contribution in [2.24, 2.45) is 0 Å². The molecule has 25 heavy (non-hydrogen) atoms. The highest BCUT2D eigenvalue weighted by atomic mass is 79.9. The van der Waals surface area contributed by atoms with E-state index in [1.54, 1.807) is 18.2 Å². The molecular weight excluding hydrogens is 392 g/mol. The summed E-state index contributed by atoms with van der Waals surface area (Å²) in [6.45, 7) is -0.136. The predicted octanol–water partition coefficient (Wildman–Crippen LogP) is 2.34. The van der Waals surface area contributed by atoms with Gasteiger partial charge in [0.2, 0.25) is 0 Å². The van der Waals surface area contributed by atoms with Gasteiger partial charge in [0.1, 0.15) is 5.75 Å². The summed E-state index contributed by atoms with van der Waals surface area (Å²) in [4.78, 5) is 36.9. The second kappa shape index (κ2) is 10.5. The Morgan fingerprint density at radius 2 is 2.00 bits per heavy atom. The zero-order chi connectivity index (χ0) is 18.8. The minimum Gasteiger partial charge on any atom is -0.496 e. The number of amides is 1. The van der Waals surface area contributed by atoms with E-state index in [2.05, 4.69) is 15.9 Å². The maximum absolute atomic E-state index is 12.2. The molecule has 8 heteroatoms. The second-order valence-corrected chi connectivity index (χ2v) is 6.07. The van der Waals surface area contributed by atoms with Gasteiger partial charge in [-0.2, -0.15) is 5.26 Å². The highest BCUT2D eigenvalue weighted by Crippen LogP contribution is 2.24. The standard InChI is InChI=1S/C17H19BrN2O5/c1-20(9-3-8-19)16(22)11-25-17(23)7-5-14(21)13-10-12(18)4-6-15(13)24-2/h4,6,10H,3,5,7,9,11H2,1-2H3. The van der Waals surface area contributed by atoms with Crippen molar-refractivity contribution < 1.29 is 23.9 Å².